The number of carbonyl (C=O) groups excluding carboxylic acids is 1. The minimum absolute atomic E-state index is 0.0699. The molecule has 1 aromatic carbocycles. The van der Waals surface area contributed by atoms with E-state index in [1.54, 1.807) is 13.2 Å². The number of terminal acetylenes is 2. The smallest absolute Gasteiger partial charge is 0.338 e. The Kier molecular flexibility index (Phi) is 9.56. The summed E-state index contributed by atoms with van der Waals surface area (Å²) in [5.74, 6) is 4.96. The van der Waals surface area contributed by atoms with E-state index in [9.17, 15) is 4.79 Å². The fourth-order valence-corrected chi connectivity index (χ4v) is 1.63. The maximum atomic E-state index is 12.1. The lowest BCUT2D eigenvalue weighted by molar-refractivity contribution is 0.0213. The van der Waals surface area contributed by atoms with Crippen molar-refractivity contribution in [3.8, 4) is 36.2 Å². The van der Waals surface area contributed by atoms with Crippen molar-refractivity contribution >= 4 is 5.97 Å². The van der Waals surface area contributed by atoms with E-state index in [-0.39, 0.29) is 32.0 Å². The third kappa shape index (κ3) is 7.55. The Balaban J connectivity index is 2.64. The minimum atomic E-state index is -0.526. The van der Waals surface area contributed by atoms with Gasteiger partial charge in [0.15, 0.2) is 0 Å². The molecule has 0 radical (unpaired) electrons. The van der Waals surface area contributed by atoms with Crippen LogP contribution >= 0.6 is 0 Å². The molecule has 0 aromatic heterocycles. The normalized spacial score (nSPS) is 9.62. The van der Waals surface area contributed by atoms with Gasteiger partial charge in [0.1, 0.15) is 31.3 Å². The summed E-state index contributed by atoms with van der Waals surface area (Å²) in [6, 6.07) is 4.64. The van der Waals surface area contributed by atoms with Crippen LogP contribution < -0.4 is 9.47 Å². The molecule has 0 bridgehead atoms. The van der Waals surface area contributed by atoms with Crippen molar-refractivity contribution in [1.29, 1.82) is 0 Å². The van der Waals surface area contributed by atoms with Gasteiger partial charge in [0.2, 0.25) is 0 Å². The predicted octanol–water partition coefficient (Wildman–Crippen LogP) is 1.53. The van der Waals surface area contributed by atoms with Crippen LogP contribution in [-0.2, 0) is 14.2 Å². The number of carbonyl (C=O) groups is 1. The van der Waals surface area contributed by atoms with E-state index in [0.717, 1.165) is 0 Å². The van der Waals surface area contributed by atoms with Gasteiger partial charge < -0.3 is 23.7 Å². The quantitative estimate of drug-likeness (QED) is 0.348. The van der Waals surface area contributed by atoms with E-state index in [1.165, 1.54) is 12.1 Å². The van der Waals surface area contributed by atoms with Crippen LogP contribution in [0.1, 0.15) is 10.4 Å². The van der Waals surface area contributed by atoms with Crippen LogP contribution in [-0.4, -0.2) is 52.7 Å². The molecule has 0 unspecified atom stereocenters. The molecule has 6 nitrogen and oxygen atoms in total. The number of benzene rings is 1. The zero-order valence-electron chi connectivity index (χ0n) is 13.6. The molecule has 0 aliphatic heterocycles. The first-order chi connectivity index (χ1) is 11.7. The SMILES string of the molecule is C#CCOc1cc(OCC#C)cc(C(=O)OCCOCCOC)c1. The highest BCUT2D eigenvalue weighted by Crippen LogP contribution is 2.23. The molecular formula is C18H20O6. The van der Waals surface area contributed by atoms with Crippen LogP contribution in [0.5, 0.6) is 11.5 Å². The molecule has 0 aliphatic rings. The number of esters is 1. The summed E-state index contributed by atoms with van der Waals surface area (Å²) in [4.78, 5) is 12.1. The van der Waals surface area contributed by atoms with Gasteiger partial charge in [-0.2, -0.15) is 0 Å². The Hall–Kier alpha value is -2.67. The van der Waals surface area contributed by atoms with Gasteiger partial charge in [-0.05, 0) is 12.1 Å². The molecule has 0 spiro atoms. The molecule has 0 heterocycles. The van der Waals surface area contributed by atoms with Gasteiger partial charge in [-0.25, -0.2) is 4.79 Å². The van der Waals surface area contributed by atoms with Crippen LogP contribution in [0.4, 0.5) is 0 Å². The fourth-order valence-electron chi connectivity index (χ4n) is 1.63. The van der Waals surface area contributed by atoms with Crippen molar-refractivity contribution in [2.24, 2.45) is 0 Å². The van der Waals surface area contributed by atoms with Crippen molar-refractivity contribution in [3.63, 3.8) is 0 Å². The summed E-state index contributed by atoms with van der Waals surface area (Å²) in [5, 5.41) is 0. The lowest BCUT2D eigenvalue weighted by Gasteiger charge is -2.10. The highest BCUT2D eigenvalue weighted by Gasteiger charge is 2.12. The van der Waals surface area contributed by atoms with Crippen LogP contribution in [0.25, 0.3) is 0 Å². The lowest BCUT2D eigenvalue weighted by atomic mass is 10.2. The molecule has 6 heteroatoms. The first kappa shape index (κ1) is 19.4. The van der Waals surface area contributed by atoms with Gasteiger partial charge in [0.05, 0.1) is 25.4 Å². The molecule has 1 aromatic rings. The van der Waals surface area contributed by atoms with Gasteiger partial charge in [0.25, 0.3) is 0 Å². The van der Waals surface area contributed by atoms with Crippen LogP contribution in [0, 0.1) is 24.7 Å². The molecule has 1 rings (SSSR count). The van der Waals surface area contributed by atoms with Crippen LogP contribution in [0.2, 0.25) is 0 Å². The highest BCUT2D eigenvalue weighted by molar-refractivity contribution is 5.90. The Bertz CT molecular complexity index is 560. The monoisotopic (exact) mass is 332 g/mol. The van der Waals surface area contributed by atoms with Crippen molar-refractivity contribution in [1.82, 2.24) is 0 Å². The summed E-state index contributed by atoms with van der Waals surface area (Å²) in [6.07, 6.45) is 10.3. The maximum absolute atomic E-state index is 12.1. The van der Waals surface area contributed by atoms with Crippen molar-refractivity contribution in [3.05, 3.63) is 23.8 Å². The zero-order chi connectivity index (χ0) is 17.6. The van der Waals surface area contributed by atoms with Crippen molar-refractivity contribution in [2.45, 2.75) is 0 Å². The number of methoxy groups -OCH3 is 1. The fraction of sp³-hybridized carbons (Fsp3) is 0.389. The molecule has 0 saturated carbocycles. The Morgan fingerprint density at radius 1 is 0.958 bits per heavy atom. The first-order valence-electron chi connectivity index (χ1n) is 7.22. The van der Waals surface area contributed by atoms with Crippen LogP contribution in [0.15, 0.2) is 18.2 Å². The summed E-state index contributed by atoms with van der Waals surface area (Å²) >= 11 is 0. The molecule has 0 fully saturated rings. The molecule has 24 heavy (non-hydrogen) atoms. The van der Waals surface area contributed by atoms with Gasteiger partial charge in [-0.3, -0.25) is 0 Å². The average Bonchev–Trinajstić information content (AvgIpc) is 2.60. The van der Waals surface area contributed by atoms with Gasteiger partial charge in [-0.1, -0.05) is 11.8 Å². The Labute approximate surface area is 142 Å². The van der Waals surface area contributed by atoms with Crippen molar-refractivity contribution < 1.29 is 28.5 Å². The third-order valence-corrected chi connectivity index (χ3v) is 2.65. The van der Waals surface area contributed by atoms with E-state index in [0.29, 0.717) is 24.7 Å². The Morgan fingerprint density at radius 3 is 2.08 bits per heavy atom. The number of hydrogen-bond acceptors (Lipinski definition) is 6. The van der Waals surface area contributed by atoms with E-state index in [4.69, 9.17) is 36.5 Å². The zero-order valence-corrected chi connectivity index (χ0v) is 13.6. The lowest BCUT2D eigenvalue weighted by Crippen LogP contribution is -2.13. The standard InChI is InChI=1S/C18H20O6/c1-4-6-22-16-12-15(13-17(14-16)23-7-5-2)18(19)24-11-10-21-9-8-20-3/h1-2,12-14H,6-11H2,3H3. The van der Waals surface area contributed by atoms with Crippen molar-refractivity contribution in [2.75, 3.05) is 46.8 Å². The number of hydrogen-bond donors (Lipinski definition) is 0. The second kappa shape index (κ2) is 11.8. The second-order valence-electron chi connectivity index (χ2n) is 4.42. The summed E-state index contributed by atoms with van der Waals surface area (Å²) < 4.78 is 25.8. The summed E-state index contributed by atoms with van der Waals surface area (Å²) in [6.45, 7) is 1.47. The molecule has 0 N–H and O–H groups in total. The van der Waals surface area contributed by atoms with Crippen LogP contribution in [0.3, 0.4) is 0 Å². The van der Waals surface area contributed by atoms with E-state index in [2.05, 4.69) is 11.8 Å². The average molecular weight is 332 g/mol. The number of rotatable bonds is 11. The highest BCUT2D eigenvalue weighted by atomic mass is 16.6. The summed E-state index contributed by atoms with van der Waals surface area (Å²) in [7, 11) is 1.58. The van der Waals surface area contributed by atoms with Gasteiger partial charge in [0, 0.05) is 13.2 Å². The molecule has 0 atom stereocenters. The predicted molar refractivity (Wildman–Crippen MR) is 88.1 cm³/mol. The molecule has 128 valence electrons. The minimum Gasteiger partial charge on any atom is -0.481 e. The van der Waals surface area contributed by atoms with Gasteiger partial charge >= 0.3 is 5.97 Å². The molecule has 0 amide bonds. The van der Waals surface area contributed by atoms with Gasteiger partial charge in [-0.15, -0.1) is 12.8 Å². The maximum Gasteiger partial charge on any atom is 0.338 e. The van der Waals surface area contributed by atoms with E-state index in [1.807, 2.05) is 0 Å². The third-order valence-electron chi connectivity index (χ3n) is 2.65. The van der Waals surface area contributed by atoms with E-state index < -0.39 is 5.97 Å². The van der Waals surface area contributed by atoms with E-state index >= 15 is 0 Å². The second-order valence-corrected chi connectivity index (χ2v) is 4.42. The number of ether oxygens (including phenoxy) is 5. The Morgan fingerprint density at radius 2 is 1.54 bits per heavy atom. The largest absolute Gasteiger partial charge is 0.481 e. The topological polar surface area (TPSA) is 63.2 Å². The summed E-state index contributed by atoms with van der Waals surface area (Å²) in [5.41, 5.74) is 0.272. The first-order valence-corrected chi connectivity index (χ1v) is 7.22. The molecule has 0 aliphatic carbocycles. The molecular weight excluding hydrogens is 312 g/mol. The molecule has 0 saturated heterocycles.